The molecule has 1 saturated carbocycles. The molecule has 1 unspecified atom stereocenters. The molecule has 0 amide bonds. The summed E-state index contributed by atoms with van der Waals surface area (Å²) in [6.07, 6.45) is 9.12. The van der Waals surface area contributed by atoms with Crippen molar-refractivity contribution in [3.8, 4) is 0 Å². The number of rotatable bonds is 3. The standard InChI is InChI=1S/C9H17ClS/c1-11-7-9(10)8-5-3-2-4-6-8/h8-9H,2-7H2,1H3. The lowest BCUT2D eigenvalue weighted by Crippen LogP contribution is -2.19. The Hall–Kier alpha value is 0.640. The molecular weight excluding hydrogens is 176 g/mol. The van der Waals surface area contributed by atoms with E-state index >= 15 is 0 Å². The Labute approximate surface area is 79.1 Å². The van der Waals surface area contributed by atoms with E-state index in [0.29, 0.717) is 5.38 Å². The molecule has 0 spiro atoms. The van der Waals surface area contributed by atoms with Crippen molar-refractivity contribution < 1.29 is 0 Å². The van der Waals surface area contributed by atoms with Crippen LogP contribution in [-0.2, 0) is 0 Å². The lowest BCUT2D eigenvalue weighted by molar-refractivity contribution is 0.356. The van der Waals surface area contributed by atoms with E-state index in [-0.39, 0.29) is 0 Å². The third-order valence-electron chi connectivity index (χ3n) is 2.49. The zero-order chi connectivity index (χ0) is 8.10. The van der Waals surface area contributed by atoms with Crippen molar-refractivity contribution in [3.05, 3.63) is 0 Å². The first-order valence-corrected chi connectivity index (χ1v) is 6.30. The maximum atomic E-state index is 6.24. The molecule has 0 nitrogen and oxygen atoms in total. The average molecular weight is 193 g/mol. The smallest absolute Gasteiger partial charge is 0.0454 e. The summed E-state index contributed by atoms with van der Waals surface area (Å²) in [6, 6.07) is 0. The molecule has 0 radical (unpaired) electrons. The molecule has 11 heavy (non-hydrogen) atoms. The molecule has 1 rings (SSSR count). The number of halogens is 1. The van der Waals surface area contributed by atoms with E-state index in [1.54, 1.807) is 0 Å². The summed E-state index contributed by atoms with van der Waals surface area (Å²) >= 11 is 8.11. The minimum absolute atomic E-state index is 0.435. The lowest BCUT2D eigenvalue weighted by atomic mass is 9.87. The summed E-state index contributed by atoms with van der Waals surface area (Å²) in [5.74, 6) is 1.95. The van der Waals surface area contributed by atoms with Crippen LogP contribution in [0.15, 0.2) is 0 Å². The summed E-state index contributed by atoms with van der Waals surface area (Å²) in [5.41, 5.74) is 0. The Morgan fingerprint density at radius 2 is 2.00 bits per heavy atom. The minimum atomic E-state index is 0.435. The van der Waals surface area contributed by atoms with Gasteiger partial charge in [0.1, 0.15) is 0 Å². The highest BCUT2D eigenvalue weighted by atomic mass is 35.5. The second-order valence-electron chi connectivity index (χ2n) is 3.37. The Bertz CT molecular complexity index is 99.7. The van der Waals surface area contributed by atoms with Gasteiger partial charge in [-0.2, -0.15) is 11.8 Å². The predicted octanol–water partition coefficient (Wildman–Crippen LogP) is 3.54. The predicted molar refractivity (Wildman–Crippen MR) is 54.6 cm³/mol. The van der Waals surface area contributed by atoms with E-state index in [1.807, 2.05) is 11.8 Å². The minimum Gasteiger partial charge on any atom is -0.164 e. The van der Waals surface area contributed by atoms with Crippen LogP contribution in [-0.4, -0.2) is 17.4 Å². The summed E-state index contributed by atoms with van der Waals surface area (Å²) < 4.78 is 0. The molecule has 0 bridgehead atoms. The van der Waals surface area contributed by atoms with Crippen LogP contribution in [0.3, 0.4) is 0 Å². The summed E-state index contributed by atoms with van der Waals surface area (Å²) in [5, 5.41) is 0.435. The first kappa shape index (κ1) is 9.73. The molecule has 1 aliphatic carbocycles. The van der Waals surface area contributed by atoms with E-state index in [2.05, 4.69) is 6.26 Å². The van der Waals surface area contributed by atoms with Gasteiger partial charge in [0.2, 0.25) is 0 Å². The second kappa shape index (κ2) is 5.31. The van der Waals surface area contributed by atoms with Crippen LogP contribution >= 0.6 is 23.4 Å². The molecular formula is C9H17ClS. The van der Waals surface area contributed by atoms with Crippen molar-refractivity contribution in [2.75, 3.05) is 12.0 Å². The highest BCUT2D eigenvalue weighted by Gasteiger charge is 2.20. The second-order valence-corrected chi connectivity index (χ2v) is 4.84. The van der Waals surface area contributed by atoms with E-state index in [9.17, 15) is 0 Å². The Kier molecular flexibility index (Phi) is 4.70. The number of hydrogen-bond donors (Lipinski definition) is 0. The molecule has 66 valence electrons. The topological polar surface area (TPSA) is 0 Å². The van der Waals surface area contributed by atoms with Gasteiger partial charge in [-0.25, -0.2) is 0 Å². The molecule has 0 aromatic rings. The molecule has 0 aliphatic heterocycles. The van der Waals surface area contributed by atoms with Crippen LogP contribution in [0.1, 0.15) is 32.1 Å². The third-order valence-corrected chi connectivity index (χ3v) is 3.87. The van der Waals surface area contributed by atoms with Crippen molar-refractivity contribution in [3.63, 3.8) is 0 Å². The summed E-state index contributed by atoms with van der Waals surface area (Å²) in [7, 11) is 0. The normalized spacial score (nSPS) is 23.5. The van der Waals surface area contributed by atoms with Crippen LogP contribution in [0, 0.1) is 5.92 Å². The molecule has 0 aromatic heterocycles. The molecule has 1 fully saturated rings. The number of thioether (sulfide) groups is 1. The van der Waals surface area contributed by atoms with E-state index in [0.717, 1.165) is 11.7 Å². The largest absolute Gasteiger partial charge is 0.164 e. The summed E-state index contributed by atoms with van der Waals surface area (Å²) in [4.78, 5) is 0. The van der Waals surface area contributed by atoms with Gasteiger partial charge in [-0.3, -0.25) is 0 Å². The third kappa shape index (κ3) is 3.25. The molecule has 0 aromatic carbocycles. The summed E-state index contributed by atoms with van der Waals surface area (Å²) in [6.45, 7) is 0. The van der Waals surface area contributed by atoms with Gasteiger partial charge < -0.3 is 0 Å². The maximum absolute atomic E-state index is 6.24. The Morgan fingerprint density at radius 3 is 2.55 bits per heavy atom. The number of alkyl halides is 1. The number of hydrogen-bond acceptors (Lipinski definition) is 1. The average Bonchev–Trinajstić information content (AvgIpc) is 2.07. The van der Waals surface area contributed by atoms with E-state index in [4.69, 9.17) is 11.6 Å². The van der Waals surface area contributed by atoms with E-state index in [1.165, 1.54) is 32.1 Å². The Morgan fingerprint density at radius 1 is 1.36 bits per heavy atom. The maximum Gasteiger partial charge on any atom is 0.0454 e. The van der Waals surface area contributed by atoms with Gasteiger partial charge in [0.15, 0.2) is 0 Å². The molecule has 2 heteroatoms. The molecule has 0 N–H and O–H groups in total. The van der Waals surface area contributed by atoms with Gasteiger partial charge >= 0.3 is 0 Å². The first-order chi connectivity index (χ1) is 5.34. The van der Waals surface area contributed by atoms with Crippen LogP contribution in [0.25, 0.3) is 0 Å². The van der Waals surface area contributed by atoms with Crippen LogP contribution in [0.5, 0.6) is 0 Å². The van der Waals surface area contributed by atoms with Crippen molar-refractivity contribution in [2.24, 2.45) is 5.92 Å². The van der Waals surface area contributed by atoms with Crippen molar-refractivity contribution >= 4 is 23.4 Å². The molecule has 1 aliphatic rings. The zero-order valence-corrected chi connectivity index (χ0v) is 8.76. The monoisotopic (exact) mass is 192 g/mol. The molecule has 0 saturated heterocycles. The van der Waals surface area contributed by atoms with Gasteiger partial charge in [0.05, 0.1) is 0 Å². The van der Waals surface area contributed by atoms with Crippen LogP contribution < -0.4 is 0 Å². The fourth-order valence-electron chi connectivity index (χ4n) is 1.79. The fourth-order valence-corrected chi connectivity index (χ4v) is 3.01. The van der Waals surface area contributed by atoms with Gasteiger partial charge in [0.25, 0.3) is 0 Å². The fraction of sp³-hybridized carbons (Fsp3) is 1.00. The van der Waals surface area contributed by atoms with E-state index < -0.39 is 0 Å². The van der Waals surface area contributed by atoms with Crippen LogP contribution in [0.2, 0.25) is 0 Å². The van der Waals surface area contributed by atoms with Crippen molar-refractivity contribution in [2.45, 2.75) is 37.5 Å². The highest BCUT2D eigenvalue weighted by molar-refractivity contribution is 7.98. The van der Waals surface area contributed by atoms with Gasteiger partial charge in [0, 0.05) is 11.1 Å². The molecule has 1 atom stereocenters. The zero-order valence-electron chi connectivity index (χ0n) is 7.18. The first-order valence-electron chi connectivity index (χ1n) is 4.47. The van der Waals surface area contributed by atoms with Crippen molar-refractivity contribution in [1.29, 1.82) is 0 Å². The lowest BCUT2D eigenvalue weighted by Gasteiger charge is -2.25. The quantitative estimate of drug-likeness (QED) is 0.617. The van der Waals surface area contributed by atoms with Crippen LogP contribution in [0.4, 0.5) is 0 Å². The van der Waals surface area contributed by atoms with Gasteiger partial charge in [-0.15, -0.1) is 11.6 Å². The Balaban J connectivity index is 2.21. The molecule has 0 heterocycles. The SMILES string of the molecule is CSCC(Cl)C1CCCCC1. The van der Waals surface area contributed by atoms with Gasteiger partial charge in [-0.05, 0) is 25.0 Å². The van der Waals surface area contributed by atoms with Gasteiger partial charge in [-0.1, -0.05) is 19.3 Å². The van der Waals surface area contributed by atoms with Crippen molar-refractivity contribution in [1.82, 2.24) is 0 Å². The highest BCUT2D eigenvalue weighted by Crippen LogP contribution is 2.30.